The van der Waals surface area contributed by atoms with Crippen molar-refractivity contribution in [3.05, 3.63) is 89.5 Å². The summed E-state index contributed by atoms with van der Waals surface area (Å²) in [4.78, 5) is 24.5. The van der Waals surface area contributed by atoms with Gasteiger partial charge in [0.15, 0.2) is 0 Å². The van der Waals surface area contributed by atoms with E-state index in [0.717, 1.165) is 45.9 Å². The molecule has 6 heteroatoms. The van der Waals surface area contributed by atoms with Crippen LogP contribution in [0.3, 0.4) is 0 Å². The van der Waals surface area contributed by atoms with Crippen LogP contribution in [-0.2, 0) is 16.0 Å². The highest BCUT2D eigenvalue weighted by atomic mass is 16.5. The van der Waals surface area contributed by atoms with Crippen LogP contribution in [0.5, 0.6) is 5.75 Å². The van der Waals surface area contributed by atoms with Crippen LogP contribution in [-0.4, -0.2) is 36.4 Å². The Morgan fingerprint density at radius 2 is 1.50 bits per heavy atom. The summed E-state index contributed by atoms with van der Waals surface area (Å²) in [7, 11) is 0. The van der Waals surface area contributed by atoms with Crippen LogP contribution in [0.4, 0.5) is 4.79 Å². The molecule has 0 radical (unpaired) electrons. The predicted molar refractivity (Wildman–Crippen MR) is 146 cm³/mol. The van der Waals surface area contributed by atoms with Crippen LogP contribution in [0.1, 0.15) is 61.1 Å². The number of hydrogen-bond donors (Lipinski definition) is 2. The molecule has 38 heavy (non-hydrogen) atoms. The van der Waals surface area contributed by atoms with Gasteiger partial charge >= 0.3 is 12.1 Å². The van der Waals surface area contributed by atoms with Crippen molar-refractivity contribution in [1.29, 1.82) is 0 Å². The molecule has 0 aromatic heterocycles. The molecule has 3 aromatic rings. The third-order valence-electron chi connectivity index (χ3n) is 7.82. The lowest BCUT2D eigenvalue weighted by atomic mass is 9.87. The first kappa shape index (κ1) is 25.8. The first-order chi connectivity index (χ1) is 18.6. The first-order valence-corrected chi connectivity index (χ1v) is 13.6. The number of amides is 1. The number of carboxylic acids is 1. The standard InChI is InChI=1S/C32H35NO5/c34-31(35)30(20-23-14-16-24(17-15-23)37-19-18-22-8-2-1-3-9-22)33-32(36)38-21-29-27-12-6-4-10-25(27)26-11-5-7-13-28(26)29/h4-7,10-17,22,29-30H,1-3,8-9,18-21H2,(H,33,36)(H,34,35)/t30-/m0/s1. The van der Waals surface area contributed by atoms with Gasteiger partial charge in [-0.2, -0.15) is 0 Å². The SMILES string of the molecule is O=C(N[C@@H](Cc1ccc(OCCC2CCCCC2)cc1)C(=O)O)OCC1c2ccccc2-c2ccccc21. The van der Waals surface area contributed by atoms with Crippen molar-refractivity contribution in [3.63, 3.8) is 0 Å². The van der Waals surface area contributed by atoms with Gasteiger partial charge in [-0.05, 0) is 52.3 Å². The normalized spacial score (nSPS) is 15.8. The van der Waals surface area contributed by atoms with Crippen LogP contribution >= 0.6 is 0 Å². The van der Waals surface area contributed by atoms with Crippen LogP contribution < -0.4 is 10.1 Å². The van der Waals surface area contributed by atoms with E-state index in [9.17, 15) is 14.7 Å². The molecule has 0 saturated heterocycles. The van der Waals surface area contributed by atoms with Crippen LogP contribution in [0, 0.1) is 5.92 Å². The van der Waals surface area contributed by atoms with Gasteiger partial charge in [0.2, 0.25) is 0 Å². The quantitative estimate of drug-likeness (QED) is 0.320. The maximum absolute atomic E-state index is 12.6. The van der Waals surface area contributed by atoms with Crippen LogP contribution in [0.15, 0.2) is 72.8 Å². The molecule has 2 aliphatic rings. The van der Waals surface area contributed by atoms with Gasteiger partial charge in [0.25, 0.3) is 0 Å². The number of ether oxygens (including phenoxy) is 2. The van der Waals surface area contributed by atoms with E-state index < -0.39 is 18.1 Å². The minimum absolute atomic E-state index is 0.0814. The smallest absolute Gasteiger partial charge is 0.407 e. The van der Waals surface area contributed by atoms with Gasteiger partial charge in [-0.1, -0.05) is 92.8 Å². The lowest BCUT2D eigenvalue weighted by Gasteiger charge is -2.21. The van der Waals surface area contributed by atoms with Gasteiger partial charge in [0.05, 0.1) is 6.61 Å². The Kier molecular flexibility index (Phi) is 8.27. The minimum Gasteiger partial charge on any atom is -0.494 e. The third kappa shape index (κ3) is 6.18. The Hall–Kier alpha value is -3.80. The molecule has 6 nitrogen and oxygen atoms in total. The van der Waals surface area contributed by atoms with Crippen molar-refractivity contribution in [1.82, 2.24) is 5.32 Å². The molecular weight excluding hydrogens is 478 g/mol. The lowest BCUT2D eigenvalue weighted by Crippen LogP contribution is -2.42. The molecule has 2 aliphatic carbocycles. The molecule has 1 atom stereocenters. The number of fused-ring (bicyclic) bond motifs is 3. The molecule has 3 aromatic carbocycles. The van der Waals surface area contributed by atoms with E-state index in [1.54, 1.807) is 0 Å². The molecule has 0 spiro atoms. The molecule has 198 valence electrons. The van der Waals surface area contributed by atoms with Crippen molar-refractivity contribution in [2.24, 2.45) is 5.92 Å². The zero-order chi connectivity index (χ0) is 26.3. The van der Waals surface area contributed by atoms with Crippen molar-refractivity contribution >= 4 is 12.1 Å². The minimum atomic E-state index is -1.11. The van der Waals surface area contributed by atoms with E-state index >= 15 is 0 Å². The topological polar surface area (TPSA) is 84.9 Å². The molecule has 0 unspecified atom stereocenters. The average molecular weight is 514 g/mol. The number of hydrogen-bond acceptors (Lipinski definition) is 4. The molecule has 0 aliphatic heterocycles. The summed E-state index contributed by atoms with van der Waals surface area (Å²) in [6, 6.07) is 22.5. The Labute approximate surface area is 224 Å². The molecule has 1 amide bonds. The van der Waals surface area contributed by atoms with Gasteiger partial charge in [0.1, 0.15) is 18.4 Å². The molecule has 0 heterocycles. The Morgan fingerprint density at radius 3 is 2.13 bits per heavy atom. The van der Waals surface area contributed by atoms with E-state index in [4.69, 9.17) is 9.47 Å². The highest BCUT2D eigenvalue weighted by Crippen LogP contribution is 2.44. The zero-order valence-corrected chi connectivity index (χ0v) is 21.6. The summed E-state index contributed by atoms with van der Waals surface area (Å²) >= 11 is 0. The van der Waals surface area contributed by atoms with Crippen molar-refractivity contribution in [3.8, 4) is 16.9 Å². The van der Waals surface area contributed by atoms with E-state index in [1.165, 1.54) is 32.1 Å². The van der Waals surface area contributed by atoms with Crippen molar-refractivity contribution in [2.75, 3.05) is 13.2 Å². The summed E-state index contributed by atoms with van der Waals surface area (Å²) in [5.41, 5.74) is 5.30. The fraction of sp³-hybridized carbons (Fsp3) is 0.375. The van der Waals surface area contributed by atoms with Crippen molar-refractivity contribution < 1.29 is 24.2 Å². The molecule has 1 saturated carbocycles. The number of carbonyl (C=O) groups excluding carboxylic acids is 1. The number of alkyl carbamates (subject to hydrolysis) is 1. The number of aliphatic carboxylic acids is 1. The van der Waals surface area contributed by atoms with Crippen LogP contribution in [0.25, 0.3) is 11.1 Å². The fourth-order valence-corrected chi connectivity index (χ4v) is 5.76. The van der Waals surface area contributed by atoms with E-state index in [1.807, 2.05) is 60.7 Å². The maximum atomic E-state index is 12.6. The number of carbonyl (C=O) groups is 2. The second kappa shape index (κ2) is 12.2. The summed E-state index contributed by atoms with van der Waals surface area (Å²) in [5.74, 6) is 0.359. The monoisotopic (exact) mass is 513 g/mol. The molecule has 2 N–H and O–H groups in total. The largest absolute Gasteiger partial charge is 0.494 e. The second-order valence-corrected chi connectivity index (χ2v) is 10.3. The van der Waals surface area contributed by atoms with Gasteiger partial charge in [0, 0.05) is 12.3 Å². The Morgan fingerprint density at radius 1 is 0.868 bits per heavy atom. The lowest BCUT2D eigenvalue weighted by molar-refractivity contribution is -0.139. The second-order valence-electron chi connectivity index (χ2n) is 10.3. The number of rotatable bonds is 10. The number of benzene rings is 3. The molecule has 1 fully saturated rings. The third-order valence-corrected chi connectivity index (χ3v) is 7.82. The molecule has 0 bridgehead atoms. The summed E-state index contributed by atoms with van der Waals surface area (Å²) < 4.78 is 11.4. The van der Waals surface area contributed by atoms with Crippen LogP contribution in [0.2, 0.25) is 0 Å². The van der Waals surface area contributed by atoms with Gasteiger partial charge in [-0.25, -0.2) is 9.59 Å². The van der Waals surface area contributed by atoms with E-state index in [-0.39, 0.29) is 18.9 Å². The number of carboxylic acid groups (broad SMARTS) is 1. The average Bonchev–Trinajstić information content (AvgIpc) is 3.26. The van der Waals surface area contributed by atoms with E-state index in [2.05, 4.69) is 17.4 Å². The Balaban J connectivity index is 1.12. The fourth-order valence-electron chi connectivity index (χ4n) is 5.76. The highest BCUT2D eigenvalue weighted by Gasteiger charge is 2.29. The summed E-state index contributed by atoms with van der Waals surface area (Å²) in [5, 5.41) is 12.3. The van der Waals surface area contributed by atoms with Gasteiger partial charge in [-0.3, -0.25) is 0 Å². The summed E-state index contributed by atoms with van der Waals surface area (Å²) in [6.07, 6.45) is 7.11. The molecular formula is C32H35NO5. The summed E-state index contributed by atoms with van der Waals surface area (Å²) in [6.45, 7) is 0.837. The van der Waals surface area contributed by atoms with Gasteiger partial charge < -0.3 is 19.9 Å². The maximum Gasteiger partial charge on any atom is 0.407 e. The molecule has 5 rings (SSSR count). The van der Waals surface area contributed by atoms with Gasteiger partial charge in [-0.15, -0.1) is 0 Å². The Bertz CT molecular complexity index is 1200. The van der Waals surface area contributed by atoms with E-state index in [0.29, 0.717) is 6.61 Å². The first-order valence-electron chi connectivity index (χ1n) is 13.6. The predicted octanol–water partition coefficient (Wildman–Crippen LogP) is 6.57. The number of nitrogens with one attached hydrogen (secondary N) is 1. The van der Waals surface area contributed by atoms with Crippen molar-refractivity contribution in [2.45, 2.75) is 56.9 Å². The highest BCUT2D eigenvalue weighted by molar-refractivity contribution is 5.81. The zero-order valence-electron chi connectivity index (χ0n) is 21.6.